The summed E-state index contributed by atoms with van der Waals surface area (Å²) in [6.45, 7) is 10.8. The average Bonchev–Trinajstić information content (AvgIpc) is 3.14. The molecule has 2 heterocycles. The van der Waals surface area contributed by atoms with E-state index in [2.05, 4.69) is 18.7 Å². The molecule has 1 atom stereocenters. The van der Waals surface area contributed by atoms with Crippen molar-refractivity contribution in [2.45, 2.75) is 33.2 Å². The van der Waals surface area contributed by atoms with Crippen LogP contribution in [-0.2, 0) is 14.3 Å². The maximum Gasteiger partial charge on any atom is 0.295 e. The molecule has 0 spiro atoms. The maximum atomic E-state index is 13.3. The Balaban J connectivity index is 1.68. The van der Waals surface area contributed by atoms with Crippen LogP contribution >= 0.6 is 23.2 Å². The molecule has 2 aromatic rings. The van der Waals surface area contributed by atoms with Gasteiger partial charge in [0.15, 0.2) is 0 Å². The predicted octanol–water partition coefficient (Wildman–Crippen LogP) is 5.48. The van der Waals surface area contributed by atoms with Crippen LogP contribution in [0.1, 0.15) is 43.0 Å². The van der Waals surface area contributed by atoms with Crippen molar-refractivity contribution in [3.8, 4) is 5.75 Å². The molecule has 0 aromatic heterocycles. The summed E-state index contributed by atoms with van der Waals surface area (Å²) in [5, 5.41) is 12.1. The molecule has 2 fully saturated rings. The highest BCUT2D eigenvalue weighted by Gasteiger charge is 2.46. The van der Waals surface area contributed by atoms with Crippen molar-refractivity contribution < 1.29 is 24.2 Å². The van der Waals surface area contributed by atoms with Crippen molar-refractivity contribution >= 4 is 40.7 Å². The molecule has 0 unspecified atom stereocenters. The molecule has 0 bridgehead atoms. The van der Waals surface area contributed by atoms with Crippen molar-refractivity contribution in [1.82, 2.24) is 9.80 Å². The lowest BCUT2D eigenvalue weighted by atomic mass is 9.94. The first-order chi connectivity index (χ1) is 18.2. The molecule has 0 aliphatic carbocycles. The van der Waals surface area contributed by atoms with Gasteiger partial charge < -0.3 is 19.5 Å². The Morgan fingerprint density at radius 1 is 1.08 bits per heavy atom. The number of Topliss-reactive ketones (excluding diaryl/α,β-unsaturated/α-hetero) is 1. The van der Waals surface area contributed by atoms with E-state index in [1.54, 1.807) is 36.4 Å². The second-order valence-corrected chi connectivity index (χ2v) is 11.0. The standard InChI is InChI=1S/C29H34Cl2N2O5/c1-18(2)17-38-24-8-6-21(15-19(24)3)27(34)25-26(20-5-7-22(30)23(31)16-20)33(29(36)28(25)35)10-4-9-32-11-13-37-14-12-32/h5-8,15-16,18,26,34H,4,9-14,17H2,1-3H3/t26-/m1/s1. The highest BCUT2D eigenvalue weighted by molar-refractivity contribution is 6.46. The van der Waals surface area contributed by atoms with Gasteiger partial charge in [-0.2, -0.15) is 0 Å². The third kappa shape index (κ3) is 6.34. The molecule has 0 radical (unpaired) electrons. The van der Waals surface area contributed by atoms with E-state index in [1.807, 2.05) is 6.92 Å². The number of halogens is 2. The summed E-state index contributed by atoms with van der Waals surface area (Å²) in [4.78, 5) is 30.4. The summed E-state index contributed by atoms with van der Waals surface area (Å²) in [5.74, 6) is -0.512. The van der Waals surface area contributed by atoms with Crippen molar-refractivity contribution in [2.75, 3.05) is 46.0 Å². The van der Waals surface area contributed by atoms with Gasteiger partial charge in [-0.3, -0.25) is 14.5 Å². The first-order valence-electron chi connectivity index (χ1n) is 12.9. The number of amides is 1. The Morgan fingerprint density at radius 2 is 1.82 bits per heavy atom. The molecule has 2 aromatic carbocycles. The quantitative estimate of drug-likeness (QED) is 0.248. The van der Waals surface area contributed by atoms with E-state index < -0.39 is 17.7 Å². The van der Waals surface area contributed by atoms with Crippen molar-refractivity contribution in [3.05, 3.63) is 68.7 Å². The van der Waals surface area contributed by atoms with Gasteiger partial charge >= 0.3 is 0 Å². The molecule has 38 heavy (non-hydrogen) atoms. The number of likely N-dealkylation sites (tertiary alicyclic amines) is 1. The van der Waals surface area contributed by atoms with Gasteiger partial charge in [0.05, 0.1) is 41.5 Å². The molecule has 7 nitrogen and oxygen atoms in total. The third-order valence-electron chi connectivity index (χ3n) is 6.80. The zero-order chi connectivity index (χ0) is 27.4. The van der Waals surface area contributed by atoms with E-state index in [0.29, 0.717) is 65.6 Å². The summed E-state index contributed by atoms with van der Waals surface area (Å²) >= 11 is 12.5. The average molecular weight is 562 g/mol. The summed E-state index contributed by atoms with van der Waals surface area (Å²) < 4.78 is 11.3. The predicted molar refractivity (Wildman–Crippen MR) is 149 cm³/mol. The minimum Gasteiger partial charge on any atom is -0.507 e. The highest BCUT2D eigenvalue weighted by Crippen LogP contribution is 2.41. The number of nitrogens with zero attached hydrogens (tertiary/aromatic N) is 2. The van der Waals surface area contributed by atoms with Gasteiger partial charge in [0, 0.05) is 31.7 Å². The zero-order valence-corrected chi connectivity index (χ0v) is 23.5. The molecular weight excluding hydrogens is 527 g/mol. The van der Waals surface area contributed by atoms with Crippen molar-refractivity contribution in [3.63, 3.8) is 0 Å². The summed E-state index contributed by atoms with van der Waals surface area (Å²) in [6, 6.07) is 9.49. The van der Waals surface area contributed by atoms with E-state index in [0.717, 1.165) is 25.2 Å². The zero-order valence-electron chi connectivity index (χ0n) is 22.0. The van der Waals surface area contributed by atoms with Gasteiger partial charge in [-0.05, 0) is 60.7 Å². The number of aliphatic hydroxyl groups excluding tert-OH is 1. The van der Waals surface area contributed by atoms with Crippen LogP contribution in [0, 0.1) is 12.8 Å². The van der Waals surface area contributed by atoms with Gasteiger partial charge in [-0.15, -0.1) is 0 Å². The minimum atomic E-state index is -0.786. The van der Waals surface area contributed by atoms with Crippen LogP contribution in [0.5, 0.6) is 5.75 Å². The fourth-order valence-corrected chi connectivity index (χ4v) is 5.11. The van der Waals surface area contributed by atoms with Gasteiger partial charge in [0.2, 0.25) is 0 Å². The molecule has 2 saturated heterocycles. The van der Waals surface area contributed by atoms with Crippen LogP contribution in [0.4, 0.5) is 0 Å². The van der Waals surface area contributed by atoms with E-state index in [-0.39, 0.29) is 11.3 Å². The van der Waals surface area contributed by atoms with E-state index in [4.69, 9.17) is 32.7 Å². The SMILES string of the molecule is Cc1cc(C(O)=C2C(=O)C(=O)N(CCCN3CCOCC3)[C@@H]2c2ccc(Cl)c(Cl)c2)ccc1OCC(C)C. The number of ether oxygens (including phenoxy) is 2. The second-order valence-electron chi connectivity index (χ2n) is 10.2. The Morgan fingerprint density at radius 3 is 2.47 bits per heavy atom. The number of aliphatic hydroxyl groups is 1. The third-order valence-corrected chi connectivity index (χ3v) is 7.54. The maximum absolute atomic E-state index is 13.3. The number of carbonyl (C=O) groups excluding carboxylic acids is 2. The number of benzene rings is 2. The molecule has 2 aliphatic heterocycles. The second kappa shape index (κ2) is 12.5. The lowest BCUT2D eigenvalue weighted by Crippen LogP contribution is -2.38. The first kappa shape index (κ1) is 28.4. The molecule has 1 N–H and O–H groups in total. The minimum absolute atomic E-state index is 0.0370. The number of hydrogen-bond donors (Lipinski definition) is 1. The van der Waals surface area contributed by atoms with Gasteiger partial charge in [0.1, 0.15) is 11.5 Å². The number of rotatable bonds is 9. The first-order valence-corrected chi connectivity index (χ1v) is 13.7. The van der Waals surface area contributed by atoms with Gasteiger partial charge in [0.25, 0.3) is 11.7 Å². The summed E-state index contributed by atoms with van der Waals surface area (Å²) in [7, 11) is 0. The summed E-state index contributed by atoms with van der Waals surface area (Å²) in [5.41, 5.74) is 1.91. The molecular formula is C29H34Cl2N2O5. The topological polar surface area (TPSA) is 79.3 Å². The Hall–Kier alpha value is -2.58. The fraction of sp³-hybridized carbons (Fsp3) is 0.448. The normalized spacial score (nSPS) is 19.9. The molecule has 4 rings (SSSR count). The lowest BCUT2D eigenvalue weighted by molar-refractivity contribution is -0.140. The monoisotopic (exact) mass is 560 g/mol. The van der Waals surface area contributed by atoms with Crippen molar-refractivity contribution in [1.29, 1.82) is 0 Å². The highest BCUT2D eigenvalue weighted by atomic mass is 35.5. The van der Waals surface area contributed by atoms with E-state index in [9.17, 15) is 14.7 Å². The smallest absolute Gasteiger partial charge is 0.295 e. The van der Waals surface area contributed by atoms with Crippen LogP contribution in [0.2, 0.25) is 10.0 Å². The van der Waals surface area contributed by atoms with Crippen molar-refractivity contribution in [2.24, 2.45) is 5.92 Å². The lowest BCUT2D eigenvalue weighted by Gasteiger charge is -2.29. The number of ketones is 1. The Bertz CT molecular complexity index is 1220. The van der Waals surface area contributed by atoms with Crippen LogP contribution in [0.15, 0.2) is 42.0 Å². The molecule has 0 saturated carbocycles. The summed E-state index contributed by atoms with van der Waals surface area (Å²) in [6.07, 6.45) is 0.672. The molecule has 9 heteroatoms. The van der Waals surface area contributed by atoms with Crippen LogP contribution < -0.4 is 4.74 Å². The number of hydrogen-bond acceptors (Lipinski definition) is 6. The largest absolute Gasteiger partial charge is 0.507 e. The Labute approximate surface area is 233 Å². The molecule has 204 valence electrons. The van der Waals surface area contributed by atoms with Crippen LogP contribution in [0.25, 0.3) is 5.76 Å². The van der Waals surface area contributed by atoms with Gasteiger partial charge in [-0.25, -0.2) is 0 Å². The van der Waals surface area contributed by atoms with Crippen LogP contribution in [-0.4, -0.2) is 72.6 Å². The fourth-order valence-electron chi connectivity index (χ4n) is 4.80. The van der Waals surface area contributed by atoms with E-state index >= 15 is 0 Å². The number of morpholine rings is 1. The number of carbonyl (C=O) groups is 2. The molecule has 2 aliphatic rings. The van der Waals surface area contributed by atoms with Gasteiger partial charge in [-0.1, -0.05) is 43.1 Å². The number of aryl methyl sites for hydroxylation is 1. The Kier molecular flexibility index (Phi) is 9.36. The van der Waals surface area contributed by atoms with E-state index in [1.165, 1.54) is 4.90 Å². The molecule has 1 amide bonds. The van der Waals surface area contributed by atoms with Crippen LogP contribution in [0.3, 0.4) is 0 Å².